The third-order valence-corrected chi connectivity index (χ3v) is 2.49. The summed E-state index contributed by atoms with van der Waals surface area (Å²) in [5, 5.41) is 9.68. The van der Waals surface area contributed by atoms with Gasteiger partial charge in [0.25, 0.3) is 0 Å². The van der Waals surface area contributed by atoms with Crippen LogP contribution in [-0.2, 0) is 0 Å². The Hall–Kier alpha value is -1.52. The summed E-state index contributed by atoms with van der Waals surface area (Å²) in [7, 11) is 0. The Bertz CT molecular complexity index is 381. The number of rotatable bonds is 5. The molecule has 0 spiro atoms. The average Bonchev–Trinajstić information content (AvgIpc) is 2.37. The largest absolute Gasteiger partial charge is 0.380 e. The fourth-order valence-electron chi connectivity index (χ4n) is 1.53. The second-order valence-corrected chi connectivity index (χ2v) is 4.00. The Morgan fingerprint density at radius 2 is 2.00 bits per heavy atom. The molecule has 90 valence electrons. The minimum absolute atomic E-state index is 0.499. The topological polar surface area (TPSA) is 20.2 Å². The molecule has 0 bridgehead atoms. The SMILES string of the molecule is C/C=C/CCCCC(O)C#Cc1ccccc1. The van der Waals surface area contributed by atoms with Gasteiger partial charge in [-0.2, -0.15) is 0 Å². The molecule has 0 aliphatic carbocycles. The summed E-state index contributed by atoms with van der Waals surface area (Å²) < 4.78 is 0. The fourth-order valence-corrected chi connectivity index (χ4v) is 1.53. The Morgan fingerprint density at radius 3 is 2.71 bits per heavy atom. The smallest absolute Gasteiger partial charge is 0.115 e. The van der Waals surface area contributed by atoms with Crippen molar-refractivity contribution in [2.75, 3.05) is 0 Å². The van der Waals surface area contributed by atoms with Crippen molar-refractivity contribution in [2.24, 2.45) is 0 Å². The number of hydrogen-bond acceptors (Lipinski definition) is 1. The highest BCUT2D eigenvalue weighted by Gasteiger charge is 1.97. The van der Waals surface area contributed by atoms with Gasteiger partial charge < -0.3 is 5.11 Å². The van der Waals surface area contributed by atoms with E-state index in [1.807, 2.05) is 37.3 Å². The van der Waals surface area contributed by atoms with Crippen LogP contribution in [-0.4, -0.2) is 11.2 Å². The first-order chi connectivity index (χ1) is 8.33. The number of aliphatic hydroxyl groups is 1. The molecule has 1 atom stereocenters. The van der Waals surface area contributed by atoms with E-state index in [-0.39, 0.29) is 0 Å². The third-order valence-electron chi connectivity index (χ3n) is 2.49. The second-order valence-electron chi connectivity index (χ2n) is 4.00. The lowest BCUT2D eigenvalue weighted by atomic mass is 10.1. The molecule has 1 rings (SSSR count). The summed E-state index contributed by atoms with van der Waals surface area (Å²) in [5.74, 6) is 5.86. The van der Waals surface area contributed by atoms with E-state index in [1.54, 1.807) is 0 Å². The van der Waals surface area contributed by atoms with Crippen LogP contribution >= 0.6 is 0 Å². The first kappa shape index (κ1) is 13.5. The molecule has 1 unspecified atom stereocenters. The van der Waals surface area contributed by atoms with Gasteiger partial charge in [-0.1, -0.05) is 42.2 Å². The van der Waals surface area contributed by atoms with Gasteiger partial charge in [-0.25, -0.2) is 0 Å². The first-order valence-corrected chi connectivity index (χ1v) is 6.18. The summed E-state index contributed by atoms with van der Waals surface area (Å²) >= 11 is 0. The Kier molecular flexibility index (Phi) is 6.86. The van der Waals surface area contributed by atoms with Crippen molar-refractivity contribution < 1.29 is 5.11 Å². The molecule has 0 saturated carbocycles. The zero-order chi connectivity index (χ0) is 12.3. The van der Waals surface area contributed by atoms with Gasteiger partial charge in [0.05, 0.1) is 0 Å². The van der Waals surface area contributed by atoms with E-state index in [0.29, 0.717) is 0 Å². The molecule has 17 heavy (non-hydrogen) atoms. The highest BCUT2D eigenvalue weighted by Crippen LogP contribution is 2.04. The summed E-state index contributed by atoms with van der Waals surface area (Å²) in [6.45, 7) is 2.03. The third kappa shape index (κ3) is 6.60. The maximum Gasteiger partial charge on any atom is 0.115 e. The van der Waals surface area contributed by atoms with Crippen LogP contribution < -0.4 is 0 Å². The van der Waals surface area contributed by atoms with Gasteiger partial charge in [-0.05, 0) is 44.7 Å². The maximum absolute atomic E-state index is 9.68. The van der Waals surface area contributed by atoms with Gasteiger partial charge in [0.15, 0.2) is 0 Å². The molecule has 1 N–H and O–H groups in total. The maximum atomic E-state index is 9.68. The first-order valence-electron chi connectivity index (χ1n) is 6.18. The molecule has 0 amide bonds. The monoisotopic (exact) mass is 228 g/mol. The standard InChI is InChI=1S/C16H20O/c1-2-3-4-5-9-12-16(17)14-13-15-10-7-6-8-11-15/h2-3,6-8,10-11,16-17H,4-5,9,12H2,1H3/b3-2+. The lowest BCUT2D eigenvalue weighted by Crippen LogP contribution is -2.02. The van der Waals surface area contributed by atoms with Crippen LogP contribution in [0.1, 0.15) is 38.2 Å². The molecular weight excluding hydrogens is 208 g/mol. The fraction of sp³-hybridized carbons (Fsp3) is 0.375. The number of unbranched alkanes of at least 4 members (excludes halogenated alkanes) is 2. The molecule has 0 radical (unpaired) electrons. The zero-order valence-corrected chi connectivity index (χ0v) is 10.4. The Labute approximate surface area is 104 Å². The molecule has 1 aromatic carbocycles. The predicted octanol–water partition coefficient (Wildman–Crippen LogP) is 3.54. The minimum Gasteiger partial charge on any atom is -0.380 e. The molecule has 1 aromatic rings. The Balaban J connectivity index is 2.25. The lowest BCUT2D eigenvalue weighted by molar-refractivity contribution is 0.218. The minimum atomic E-state index is -0.499. The van der Waals surface area contributed by atoms with Gasteiger partial charge in [0.1, 0.15) is 6.10 Å². The van der Waals surface area contributed by atoms with Crippen LogP contribution in [0.15, 0.2) is 42.5 Å². The van der Waals surface area contributed by atoms with E-state index in [1.165, 1.54) is 0 Å². The van der Waals surface area contributed by atoms with E-state index < -0.39 is 6.10 Å². The van der Waals surface area contributed by atoms with Crippen molar-refractivity contribution in [2.45, 2.75) is 38.7 Å². The van der Waals surface area contributed by atoms with Crippen LogP contribution in [0.4, 0.5) is 0 Å². The van der Waals surface area contributed by atoms with Crippen molar-refractivity contribution in [1.29, 1.82) is 0 Å². The van der Waals surface area contributed by atoms with E-state index in [9.17, 15) is 5.11 Å². The van der Waals surface area contributed by atoms with Crippen molar-refractivity contribution in [3.05, 3.63) is 48.0 Å². The number of allylic oxidation sites excluding steroid dienone is 2. The van der Waals surface area contributed by atoms with Gasteiger partial charge in [-0.15, -0.1) is 0 Å². The molecule has 0 aromatic heterocycles. The van der Waals surface area contributed by atoms with Crippen LogP contribution in [0.25, 0.3) is 0 Å². The van der Waals surface area contributed by atoms with Crippen molar-refractivity contribution in [1.82, 2.24) is 0 Å². The van der Waals surface area contributed by atoms with Crippen LogP contribution in [0, 0.1) is 11.8 Å². The highest BCUT2D eigenvalue weighted by molar-refractivity contribution is 5.34. The van der Waals surface area contributed by atoms with Crippen molar-refractivity contribution >= 4 is 0 Å². The van der Waals surface area contributed by atoms with E-state index in [2.05, 4.69) is 24.0 Å². The van der Waals surface area contributed by atoms with Gasteiger partial charge in [-0.3, -0.25) is 0 Å². The van der Waals surface area contributed by atoms with Crippen LogP contribution in [0.2, 0.25) is 0 Å². The second kappa shape index (κ2) is 8.61. The van der Waals surface area contributed by atoms with Gasteiger partial charge >= 0.3 is 0 Å². The van der Waals surface area contributed by atoms with Crippen LogP contribution in [0.3, 0.4) is 0 Å². The molecule has 0 aliphatic rings. The molecule has 0 saturated heterocycles. The van der Waals surface area contributed by atoms with Gasteiger partial charge in [0.2, 0.25) is 0 Å². The molecular formula is C16H20O. The van der Waals surface area contributed by atoms with Crippen LogP contribution in [0.5, 0.6) is 0 Å². The predicted molar refractivity (Wildman–Crippen MR) is 72.6 cm³/mol. The zero-order valence-electron chi connectivity index (χ0n) is 10.4. The van der Waals surface area contributed by atoms with E-state index >= 15 is 0 Å². The molecule has 0 aliphatic heterocycles. The van der Waals surface area contributed by atoms with E-state index in [0.717, 1.165) is 31.2 Å². The Morgan fingerprint density at radius 1 is 1.24 bits per heavy atom. The quantitative estimate of drug-likeness (QED) is 0.464. The lowest BCUT2D eigenvalue weighted by Gasteiger charge is -2.01. The van der Waals surface area contributed by atoms with E-state index in [4.69, 9.17) is 0 Å². The average molecular weight is 228 g/mol. The normalized spacial score (nSPS) is 12.1. The molecule has 0 fully saturated rings. The number of aliphatic hydroxyl groups excluding tert-OH is 1. The number of hydrogen-bond donors (Lipinski definition) is 1. The van der Waals surface area contributed by atoms with Crippen molar-refractivity contribution in [3.8, 4) is 11.8 Å². The molecule has 1 heteroatoms. The summed E-state index contributed by atoms with van der Waals surface area (Å²) in [4.78, 5) is 0. The van der Waals surface area contributed by atoms with Crippen molar-refractivity contribution in [3.63, 3.8) is 0 Å². The number of benzene rings is 1. The molecule has 0 heterocycles. The molecule has 1 nitrogen and oxygen atoms in total. The highest BCUT2D eigenvalue weighted by atomic mass is 16.3. The summed E-state index contributed by atoms with van der Waals surface area (Å²) in [6.07, 6.45) is 7.71. The summed E-state index contributed by atoms with van der Waals surface area (Å²) in [5.41, 5.74) is 0.959. The van der Waals surface area contributed by atoms with Gasteiger partial charge in [0, 0.05) is 5.56 Å². The summed E-state index contributed by atoms with van der Waals surface area (Å²) in [6, 6.07) is 9.77.